The van der Waals surface area contributed by atoms with Gasteiger partial charge in [-0.25, -0.2) is 0 Å². The van der Waals surface area contributed by atoms with Gasteiger partial charge in [0.25, 0.3) is 0 Å². The Bertz CT molecular complexity index is 512. The predicted molar refractivity (Wildman–Crippen MR) is 112 cm³/mol. The first-order valence-corrected chi connectivity index (χ1v) is 8.64. The molecule has 0 unspecified atom stereocenters. The van der Waals surface area contributed by atoms with Gasteiger partial charge in [0.15, 0.2) is 5.96 Å². The quantitative estimate of drug-likeness (QED) is 0.286. The molecule has 0 radical (unpaired) electrons. The highest BCUT2D eigenvalue weighted by Gasteiger charge is 2.42. The monoisotopic (exact) mass is 445 g/mol. The van der Waals surface area contributed by atoms with Gasteiger partial charge in [-0.3, -0.25) is 4.99 Å². The van der Waals surface area contributed by atoms with E-state index in [1.54, 1.807) is 0 Å². The largest absolute Gasteiger partial charge is 0.382 e. The van der Waals surface area contributed by atoms with Gasteiger partial charge in [0.05, 0.1) is 0 Å². The van der Waals surface area contributed by atoms with Crippen molar-refractivity contribution in [3.63, 3.8) is 0 Å². The first-order chi connectivity index (χ1) is 11.1. The van der Waals surface area contributed by atoms with Crippen LogP contribution in [-0.2, 0) is 11.3 Å². The number of aryl methyl sites for hydroxylation is 1. The van der Waals surface area contributed by atoms with Gasteiger partial charge in [0.1, 0.15) is 0 Å². The van der Waals surface area contributed by atoms with Crippen LogP contribution in [0, 0.1) is 12.3 Å². The van der Waals surface area contributed by atoms with Crippen molar-refractivity contribution >= 4 is 29.9 Å². The molecular weight excluding hydrogens is 413 g/mol. The fourth-order valence-electron chi connectivity index (χ4n) is 2.82. The molecule has 0 aliphatic heterocycles. The maximum absolute atomic E-state index is 5.51. The van der Waals surface area contributed by atoms with Gasteiger partial charge in [-0.05, 0) is 44.1 Å². The summed E-state index contributed by atoms with van der Waals surface area (Å²) in [4.78, 5) is 6.61. The van der Waals surface area contributed by atoms with Gasteiger partial charge < -0.3 is 15.0 Å². The molecule has 2 rings (SSSR count). The van der Waals surface area contributed by atoms with E-state index in [1.807, 2.05) is 7.05 Å². The highest BCUT2D eigenvalue weighted by atomic mass is 127. The smallest absolute Gasteiger partial charge is 0.193 e. The number of benzene rings is 1. The van der Waals surface area contributed by atoms with E-state index >= 15 is 0 Å². The molecule has 1 saturated carbocycles. The summed E-state index contributed by atoms with van der Waals surface area (Å²) < 4.78 is 5.51. The van der Waals surface area contributed by atoms with Crippen molar-refractivity contribution in [3.05, 3.63) is 35.4 Å². The Labute approximate surface area is 164 Å². The Kier molecular flexibility index (Phi) is 9.05. The van der Waals surface area contributed by atoms with Crippen molar-refractivity contribution in [2.75, 3.05) is 33.9 Å². The van der Waals surface area contributed by atoms with Crippen LogP contribution in [0.3, 0.4) is 0 Å². The first-order valence-electron chi connectivity index (χ1n) is 8.64. The molecule has 1 aliphatic rings. The van der Waals surface area contributed by atoms with Gasteiger partial charge in [0, 0.05) is 40.4 Å². The minimum atomic E-state index is 0. The number of nitrogens with zero attached hydrogens (tertiary/aromatic N) is 2. The minimum Gasteiger partial charge on any atom is -0.382 e. The third kappa shape index (κ3) is 6.59. The van der Waals surface area contributed by atoms with E-state index in [9.17, 15) is 0 Å². The van der Waals surface area contributed by atoms with Crippen LogP contribution in [0.1, 0.15) is 37.3 Å². The maximum atomic E-state index is 5.51. The highest BCUT2D eigenvalue weighted by molar-refractivity contribution is 14.0. The lowest BCUT2D eigenvalue weighted by atomic mass is 10.0. The number of hydrogen-bond donors (Lipinski definition) is 1. The molecule has 0 aromatic heterocycles. The highest BCUT2D eigenvalue weighted by Crippen LogP contribution is 2.48. The van der Waals surface area contributed by atoms with Crippen molar-refractivity contribution in [1.29, 1.82) is 0 Å². The number of rotatable bonds is 8. The lowest BCUT2D eigenvalue weighted by molar-refractivity contribution is 0.128. The molecule has 1 N–H and O–H groups in total. The van der Waals surface area contributed by atoms with E-state index in [0.717, 1.165) is 38.7 Å². The normalized spacial score (nSPS) is 15.6. The number of nitrogens with one attached hydrogen (secondary N) is 1. The number of halogens is 1. The van der Waals surface area contributed by atoms with Crippen LogP contribution in [0.15, 0.2) is 29.3 Å². The van der Waals surface area contributed by atoms with Gasteiger partial charge in [-0.1, -0.05) is 29.8 Å². The van der Waals surface area contributed by atoms with E-state index in [-0.39, 0.29) is 24.0 Å². The zero-order valence-electron chi connectivity index (χ0n) is 15.5. The molecule has 0 spiro atoms. The number of hydrogen-bond acceptors (Lipinski definition) is 2. The molecule has 4 nitrogen and oxygen atoms in total. The van der Waals surface area contributed by atoms with Gasteiger partial charge in [0.2, 0.25) is 0 Å². The summed E-state index contributed by atoms with van der Waals surface area (Å²) in [6.07, 6.45) is 3.74. The molecular formula is C19H32IN3O. The zero-order valence-corrected chi connectivity index (χ0v) is 17.8. The zero-order chi connectivity index (χ0) is 16.7. The predicted octanol–water partition coefficient (Wildman–Crippen LogP) is 3.83. The third-order valence-corrected chi connectivity index (χ3v) is 4.67. The van der Waals surface area contributed by atoms with E-state index in [4.69, 9.17) is 4.74 Å². The van der Waals surface area contributed by atoms with Crippen molar-refractivity contribution in [2.24, 2.45) is 10.4 Å². The molecule has 1 aromatic rings. The van der Waals surface area contributed by atoms with Crippen LogP contribution in [-0.4, -0.2) is 44.7 Å². The molecule has 0 bridgehead atoms. The number of guanidine groups is 1. The number of ether oxygens (including phenoxy) is 1. The fraction of sp³-hybridized carbons (Fsp3) is 0.632. The summed E-state index contributed by atoms with van der Waals surface area (Å²) >= 11 is 0. The lowest BCUT2D eigenvalue weighted by Crippen LogP contribution is -2.41. The maximum Gasteiger partial charge on any atom is 0.193 e. The fourth-order valence-corrected chi connectivity index (χ4v) is 2.82. The summed E-state index contributed by atoms with van der Waals surface area (Å²) in [5.74, 6) is 0.966. The van der Waals surface area contributed by atoms with E-state index in [2.05, 4.69) is 60.4 Å². The van der Waals surface area contributed by atoms with Gasteiger partial charge in [-0.15, -0.1) is 24.0 Å². The molecule has 0 amide bonds. The van der Waals surface area contributed by atoms with E-state index in [0.29, 0.717) is 5.41 Å². The molecule has 1 aromatic carbocycles. The molecule has 5 heteroatoms. The van der Waals surface area contributed by atoms with E-state index in [1.165, 1.54) is 24.0 Å². The molecule has 1 aliphatic carbocycles. The Morgan fingerprint density at radius 1 is 1.29 bits per heavy atom. The standard InChI is InChI=1S/C19H31N3O.HI/c1-5-23-13-12-19(10-11-19)15-21-18(20-3)22(4)14-17-8-6-16(2)7-9-17;/h6-9H,5,10-15H2,1-4H3,(H,20,21);1H. The van der Waals surface area contributed by atoms with Crippen LogP contribution < -0.4 is 5.32 Å². The average molecular weight is 445 g/mol. The second-order valence-electron chi connectivity index (χ2n) is 6.69. The summed E-state index contributed by atoms with van der Waals surface area (Å²) in [5, 5.41) is 3.55. The Balaban J connectivity index is 0.00000288. The van der Waals surface area contributed by atoms with Crippen LogP contribution >= 0.6 is 24.0 Å². The van der Waals surface area contributed by atoms with Crippen LogP contribution in [0.4, 0.5) is 0 Å². The lowest BCUT2D eigenvalue weighted by Gasteiger charge is -2.24. The first kappa shape index (κ1) is 21.2. The summed E-state index contributed by atoms with van der Waals surface area (Å²) in [6, 6.07) is 8.69. The van der Waals surface area contributed by atoms with Crippen LogP contribution in [0.5, 0.6) is 0 Å². The summed E-state index contributed by atoms with van der Waals surface area (Å²) in [5.41, 5.74) is 3.03. The minimum absolute atomic E-state index is 0. The molecule has 0 heterocycles. The molecule has 1 fully saturated rings. The average Bonchev–Trinajstić information content (AvgIpc) is 3.31. The van der Waals surface area contributed by atoms with Crippen molar-refractivity contribution in [1.82, 2.24) is 10.2 Å². The van der Waals surface area contributed by atoms with Gasteiger partial charge >= 0.3 is 0 Å². The SMILES string of the molecule is CCOCCC1(CNC(=NC)N(C)Cc2ccc(C)cc2)CC1.I. The Hall–Kier alpha value is -0.820. The second-order valence-corrected chi connectivity index (χ2v) is 6.69. The van der Waals surface area contributed by atoms with Crippen molar-refractivity contribution in [3.8, 4) is 0 Å². The molecule has 0 atom stereocenters. The van der Waals surface area contributed by atoms with Crippen molar-refractivity contribution in [2.45, 2.75) is 39.7 Å². The van der Waals surface area contributed by atoms with Crippen LogP contribution in [0.2, 0.25) is 0 Å². The number of aliphatic imine (C=N–C) groups is 1. The van der Waals surface area contributed by atoms with Gasteiger partial charge in [-0.2, -0.15) is 0 Å². The second kappa shape index (κ2) is 10.2. The Morgan fingerprint density at radius 2 is 1.96 bits per heavy atom. The van der Waals surface area contributed by atoms with Crippen LogP contribution in [0.25, 0.3) is 0 Å². The third-order valence-electron chi connectivity index (χ3n) is 4.67. The molecule has 136 valence electrons. The van der Waals surface area contributed by atoms with E-state index < -0.39 is 0 Å². The Morgan fingerprint density at radius 3 is 2.50 bits per heavy atom. The molecule has 0 saturated heterocycles. The summed E-state index contributed by atoms with van der Waals surface area (Å²) in [6.45, 7) is 7.71. The van der Waals surface area contributed by atoms with Crippen molar-refractivity contribution < 1.29 is 4.74 Å². The molecule has 24 heavy (non-hydrogen) atoms. The summed E-state index contributed by atoms with van der Waals surface area (Å²) in [7, 11) is 3.95. The topological polar surface area (TPSA) is 36.9 Å².